The predicted molar refractivity (Wildman–Crippen MR) is 471 cm³/mol. The molecule has 3 saturated heterocycles. The highest BCUT2D eigenvalue weighted by Gasteiger charge is 2.54. The standard InChI is InChI=1S/C97H185NO18/c1-3-5-7-9-11-13-15-17-19-21-23-25-27-29-31-33-35-37-38-39-40-41-42-43-45-47-49-51-53-55-57-59-61-63-65-67-69-71-73-75-85(103)98-80(81(102)74-72-70-68-66-64-62-60-58-56-54-52-50-48-46-44-36-34-32-30-28-26-24-22-20-18-16-14-12-10-8-6-4-2)79-111-95-91(109)88(106)93(83(77-100)113-95)116-97-92(110)89(107)94(84(78-101)114-97)115-96-90(108)87(105)86(104)82(76-99)112-96/h64,66,72,74,80-84,86-97,99-102,104-110H,3-63,65,67-71,73,75-79H2,1-2H3,(H,98,103)/b66-64+,74-72+. The Balaban J connectivity index is 1.29. The normalized spacial score (nSPS) is 24.5. The quantitative estimate of drug-likeness (QED) is 0.0199. The van der Waals surface area contributed by atoms with Crippen LogP contribution in [0, 0.1) is 0 Å². The summed E-state index contributed by atoms with van der Waals surface area (Å²) < 4.78 is 34.6. The fourth-order valence-electron chi connectivity index (χ4n) is 17.2. The molecule has 12 N–H and O–H groups in total. The van der Waals surface area contributed by atoms with E-state index in [-0.39, 0.29) is 18.9 Å². The molecule has 19 nitrogen and oxygen atoms in total. The van der Waals surface area contributed by atoms with Crippen molar-refractivity contribution in [3.63, 3.8) is 0 Å². The van der Waals surface area contributed by atoms with E-state index in [9.17, 15) is 61.0 Å². The van der Waals surface area contributed by atoms with E-state index in [1.165, 1.54) is 385 Å². The highest BCUT2D eigenvalue weighted by molar-refractivity contribution is 5.76. The number of carbonyl (C=O) groups is 1. The fraction of sp³-hybridized carbons (Fsp3) is 0.948. The van der Waals surface area contributed by atoms with Crippen molar-refractivity contribution in [1.29, 1.82) is 0 Å². The van der Waals surface area contributed by atoms with Gasteiger partial charge in [-0.2, -0.15) is 0 Å². The lowest BCUT2D eigenvalue weighted by molar-refractivity contribution is -0.379. The van der Waals surface area contributed by atoms with Gasteiger partial charge in [0.15, 0.2) is 18.9 Å². The van der Waals surface area contributed by atoms with E-state index in [4.69, 9.17) is 28.4 Å². The maximum Gasteiger partial charge on any atom is 0.220 e. The van der Waals surface area contributed by atoms with Gasteiger partial charge in [0, 0.05) is 6.42 Å². The van der Waals surface area contributed by atoms with Crippen LogP contribution in [0.5, 0.6) is 0 Å². The van der Waals surface area contributed by atoms with Crippen LogP contribution in [0.2, 0.25) is 0 Å². The number of aliphatic hydroxyl groups excluding tert-OH is 11. The number of carbonyl (C=O) groups excluding carboxylic acids is 1. The van der Waals surface area contributed by atoms with Crippen LogP contribution in [0.15, 0.2) is 24.3 Å². The van der Waals surface area contributed by atoms with E-state index in [0.717, 1.165) is 38.5 Å². The van der Waals surface area contributed by atoms with E-state index >= 15 is 0 Å². The van der Waals surface area contributed by atoms with Gasteiger partial charge < -0.3 is 89.9 Å². The summed E-state index contributed by atoms with van der Waals surface area (Å²) in [6.07, 6.45) is 72.4. The van der Waals surface area contributed by atoms with Crippen molar-refractivity contribution >= 4 is 5.91 Å². The highest BCUT2D eigenvalue weighted by Crippen LogP contribution is 2.34. The number of nitrogens with one attached hydrogen (secondary N) is 1. The van der Waals surface area contributed by atoms with E-state index in [1.807, 2.05) is 6.08 Å². The minimum atomic E-state index is -1.98. The Morgan fingerprint density at radius 2 is 0.552 bits per heavy atom. The number of unbranched alkanes of at least 4 members (excludes halogenated alkanes) is 65. The van der Waals surface area contributed by atoms with Gasteiger partial charge in [-0.3, -0.25) is 4.79 Å². The molecule has 3 rings (SSSR count). The fourth-order valence-corrected chi connectivity index (χ4v) is 17.2. The van der Waals surface area contributed by atoms with Crippen molar-refractivity contribution in [1.82, 2.24) is 5.32 Å². The molecule has 0 radical (unpaired) electrons. The third kappa shape index (κ3) is 54.1. The Bertz CT molecular complexity index is 2180. The first kappa shape index (κ1) is 108. The molecule has 3 heterocycles. The molecule has 0 aromatic heterocycles. The Morgan fingerprint density at radius 3 is 0.862 bits per heavy atom. The summed E-state index contributed by atoms with van der Waals surface area (Å²) in [4.78, 5) is 13.5. The second-order valence-corrected chi connectivity index (χ2v) is 35.6. The van der Waals surface area contributed by atoms with Crippen molar-refractivity contribution in [2.45, 2.75) is 561 Å². The molecular formula is C97H185NO18. The molecule has 19 heteroatoms. The van der Waals surface area contributed by atoms with Crippen LogP contribution in [0.3, 0.4) is 0 Å². The lowest BCUT2D eigenvalue weighted by Gasteiger charge is -2.48. The maximum absolute atomic E-state index is 13.5. The van der Waals surface area contributed by atoms with Crippen LogP contribution in [0.25, 0.3) is 0 Å². The van der Waals surface area contributed by atoms with Gasteiger partial charge in [-0.15, -0.1) is 0 Å². The first-order chi connectivity index (χ1) is 56.8. The van der Waals surface area contributed by atoms with Gasteiger partial charge in [0.05, 0.1) is 38.6 Å². The van der Waals surface area contributed by atoms with E-state index in [0.29, 0.717) is 12.8 Å². The summed E-state index contributed by atoms with van der Waals surface area (Å²) in [5.41, 5.74) is 0. The van der Waals surface area contributed by atoms with Gasteiger partial charge in [0.2, 0.25) is 5.91 Å². The summed E-state index contributed by atoms with van der Waals surface area (Å²) in [5, 5.41) is 121. The zero-order chi connectivity index (χ0) is 83.8. The number of hydrogen-bond acceptors (Lipinski definition) is 18. The Labute approximate surface area is 709 Å². The lowest BCUT2D eigenvalue weighted by atomic mass is 9.96. The van der Waals surface area contributed by atoms with Gasteiger partial charge >= 0.3 is 0 Å². The van der Waals surface area contributed by atoms with Crippen molar-refractivity contribution in [2.75, 3.05) is 26.4 Å². The lowest BCUT2D eigenvalue weighted by Crippen LogP contribution is -2.66. The van der Waals surface area contributed by atoms with Gasteiger partial charge in [0.1, 0.15) is 73.2 Å². The Morgan fingerprint density at radius 1 is 0.302 bits per heavy atom. The first-order valence-corrected chi connectivity index (χ1v) is 49.6. The first-order valence-electron chi connectivity index (χ1n) is 49.6. The smallest absolute Gasteiger partial charge is 0.220 e. The van der Waals surface area contributed by atoms with Crippen LogP contribution in [-0.2, 0) is 33.2 Å². The van der Waals surface area contributed by atoms with Crippen molar-refractivity contribution in [2.24, 2.45) is 0 Å². The number of aliphatic hydroxyl groups is 11. The minimum Gasteiger partial charge on any atom is -0.394 e. The van der Waals surface area contributed by atoms with E-state index in [2.05, 4.69) is 31.3 Å². The average Bonchev–Trinajstić information content (AvgIpc) is 0.779. The molecule has 3 fully saturated rings. The third-order valence-corrected chi connectivity index (χ3v) is 25.0. The molecule has 0 spiro atoms. The van der Waals surface area contributed by atoms with Crippen molar-refractivity contribution in [3.05, 3.63) is 24.3 Å². The topological polar surface area (TPSA) is 307 Å². The summed E-state index contributed by atoms with van der Waals surface area (Å²) in [6.45, 7) is 1.81. The molecule has 0 aromatic rings. The van der Waals surface area contributed by atoms with Crippen LogP contribution < -0.4 is 5.32 Å². The van der Waals surface area contributed by atoms with Gasteiger partial charge in [-0.05, 0) is 32.1 Å². The second kappa shape index (κ2) is 76.9. The number of hydrogen-bond donors (Lipinski definition) is 12. The zero-order valence-corrected chi connectivity index (χ0v) is 74.5. The molecule has 3 aliphatic rings. The van der Waals surface area contributed by atoms with Crippen LogP contribution in [0.1, 0.15) is 457 Å². The largest absolute Gasteiger partial charge is 0.394 e. The number of ether oxygens (including phenoxy) is 6. The SMILES string of the molecule is CCCCCCCCCCCCCCCCCCCCCCCCCCCC/C=C/CC/C=C/C(O)C(COC1OC(CO)C(OC2OC(CO)C(OC3OC(CO)C(O)C(O)C3O)C(O)C2O)C(O)C1O)NC(=O)CCCCCCCCCCCCCCCCCCCCCCCCCCCCCCCCCCCCCCCCC. The monoisotopic (exact) mass is 1650 g/mol. The zero-order valence-electron chi connectivity index (χ0n) is 74.5. The number of amides is 1. The molecule has 3 aliphatic heterocycles. The Kier molecular flexibility index (Phi) is 71.9. The van der Waals surface area contributed by atoms with Gasteiger partial charge in [-0.25, -0.2) is 0 Å². The van der Waals surface area contributed by atoms with Crippen LogP contribution in [-0.4, -0.2) is 193 Å². The summed E-state index contributed by atoms with van der Waals surface area (Å²) in [7, 11) is 0. The van der Waals surface area contributed by atoms with Gasteiger partial charge in [0.25, 0.3) is 0 Å². The average molecular weight is 1650 g/mol. The molecule has 686 valence electrons. The van der Waals surface area contributed by atoms with Gasteiger partial charge in [-0.1, -0.05) is 443 Å². The highest BCUT2D eigenvalue weighted by atomic mass is 16.8. The summed E-state index contributed by atoms with van der Waals surface area (Å²) in [5.74, 6) is -0.274. The number of rotatable bonds is 83. The molecule has 116 heavy (non-hydrogen) atoms. The number of allylic oxidation sites excluding steroid dienone is 3. The minimum absolute atomic E-state index is 0.242. The molecule has 0 saturated carbocycles. The van der Waals surface area contributed by atoms with Crippen LogP contribution in [0.4, 0.5) is 0 Å². The van der Waals surface area contributed by atoms with Crippen molar-refractivity contribution < 1.29 is 89.4 Å². The molecule has 0 aliphatic carbocycles. The molecule has 17 unspecified atom stereocenters. The summed E-state index contributed by atoms with van der Waals surface area (Å²) >= 11 is 0. The molecular weight excluding hydrogens is 1470 g/mol. The predicted octanol–water partition coefficient (Wildman–Crippen LogP) is 20.4. The molecule has 1 amide bonds. The summed E-state index contributed by atoms with van der Waals surface area (Å²) in [6, 6.07) is -0.990. The van der Waals surface area contributed by atoms with Crippen molar-refractivity contribution in [3.8, 4) is 0 Å². The second-order valence-electron chi connectivity index (χ2n) is 35.6. The Hall–Kier alpha value is -1.73. The van der Waals surface area contributed by atoms with Crippen LogP contribution >= 0.6 is 0 Å². The van der Waals surface area contributed by atoms with E-state index < -0.39 is 124 Å². The molecule has 0 bridgehead atoms. The molecule has 17 atom stereocenters. The maximum atomic E-state index is 13.5. The third-order valence-electron chi connectivity index (χ3n) is 25.0. The molecule has 0 aromatic carbocycles. The van der Waals surface area contributed by atoms with E-state index in [1.54, 1.807) is 6.08 Å².